The van der Waals surface area contributed by atoms with E-state index in [0.29, 0.717) is 35.8 Å². The summed E-state index contributed by atoms with van der Waals surface area (Å²) < 4.78 is 21.9. The van der Waals surface area contributed by atoms with Crippen LogP contribution in [0.4, 0.5) is 21.0 Å². The molecule has 270 valence electrons. The molecule has 2 aliphatic rings. The minimum atomic E-state index is -0.548. The van der Waals surface area contributed by atoms with Gasteiger partial charge in [0.1, 0.15) is 23.4 Å². The predicted octanol–water partition coefficient (Wildman–Crippen LogP) is 7.95. The summed E-state index contributed by atoms with van der Waals surface area (Å²) in [5, 5.41) is 7.10. The van der Waals surface area contributed by atoms with Crippen molar-refractivity contribution in [3.05, 3.63) is 102 Å². The maximum absolute atomic E-state index is 13.8. The molecule has 1 aromatic heterocycles. The Morgan fingerprint density at radius 3 is 2.00 bits per heavy atom. The Hall–Kier alpha value is -5.68. The number of fused-ring (bicyclic) bond motifs is 5. The number of ether oxygens (including phenoxy) is 4. The molecule has 0 bridgehead atoms. The lowest BCUT2D eigenvalue weighted by molar-refractivity contribution is -0.0218. The lowest BCUT2D eigenvalue weighted by atomic mass is 9.80. The van der Waals surface area contributed by atoms with Gasteiger partial charge in [-0.25, -0.2) is 9.59 Å². The van der Waals surface area contributed by atoms with Crippen LogP contribution in [-0.4, -0.2) is 80.5 Å². The normalized spacial score (nSPS) is 18.8. The highest BCUT2D eigenvalue weighted by Crippen LogP contribution is 2.44. The molecule has 2 aliphatic heterocycles. The zero-order valence-electron chi connectivity index (χ0n) is 30.1. The van der Waals surface area contributed by atoms with E-state index >= 15 is 0 Å². The number of carbonyl (C=O) groups excluding carboxylic acids is 2. The number of methoxy groups -OCH3 is 3. The maximum atomic E-state index is 13.8. The van der Waals surface area contributed by atoms with Crippen LogP contribution >= 0.6 is 0 Å². The Balaban J connectivity index is 1.15. The van der Waals surface area contributed by atoms with E-state index in [4.69, 9.17) is 18.9 Å². The molecule has 0 aliphatic carbocycles. The largest absolute Gasteiger partial charge is 0.497 e. The number of benzene rings is 4. The van der Waals surface area contributed by atoms with Crippen molar-refractivity contribution in [1.82, 2.24) is 14.8 Å². The standard InChI is InChI=1S/C41H45N5O6/c1-25(52-41(48)43-29-11-17-32(51-5)18-12-29)35-24-46-21-20-33-34-22-27(26-6-13-30(49-3)14-7-26)8-19-36(34)44-39(33)38(46)23-37(35)45(2)40(47)42-28-9-15-31(50-4)16-10-28/h6-19,22,25,35,37-38,44H,20-21,23-24H2,1-5H3,(H,42,47)(H,43,48)/t25-,35-,37-,38-/m0/s1. The molecule has 52 heavy (non-hydrogen) atoms. The van der Waals surface area contributed by atoms with Gasteiger partial charge >= 0.3 is 12.1 Å². The number of aromatic amines is 1. The summed E-state index contributed by atoms with van der Waals surface area (Å²) in [7, 11) is 6.71. The number of rotatable bonds is 9. The molecular weight excluding hydrogens is 658 g/mol. The van der Waals surface area contributed by atoms with Crippen molar-refractivity contribution in [2.24, 2.45) is 5.92 Å². The quantitative estimate of drug-likeness (QED) is 0.143. The average Bonchev–Trinajstić information content (AvgIpc) is 3.56. The van der Waals surface area contributed by atoms with Crippen molar-refractivity contribution in [3.63, 3.8) is 0 Å². The number of hydrogen-bond donors (Lipinski definition) is 3. The third-order valence-corrected chi connectivity index (χ3v) is 10.6. The van der Waals surface area contributed by atoms with E-state index in [1.807, 2.05) is 50.4 Å². The number of piperidine rings is 1. The molecule has 0 unspecified atom stereocenters. The zero-order chi connectivity index (χ0) is 36.4. The number of urea groups is 1. The fourth-order valence-electron chi connectivity index (χ4n) is 7.68. The van der Waals surface area contributed by atoms with Crippen LogP contribution in [0, 0.1) is 5.92 Å². The molecule has 0 radical (unpaired) electrons. The highest BCUT2D eigenvalue weighted by molar-refractivity contribution is 5.91. The molecular formula is C41H45N5O6. The second kappa shape index (κ2) is 14.9. The highest BCUT2D eigenvalue weighted by Gasteiger charge is 2.45. The Kier molecular flexibility index (Phi) is 9.95. The Labute approximate surface area is 303 Å². The van der Waals surface area contributed by atoms with Crippen molar-refractivity contribution in [1.29, 1.82) is 0 Å². The van der Waals surface area contributed by atoms with Gasteiger partial charge in [0.05, 0.1) is 27.4 Å². The van der Waals surface area contributed by atoms with E-state index < -0.39 is 12.2 Å². The van der Waals surface area contributed by atoms with Crippen LogP contribution in [0.2, 0.25) is 0 Å². The summed E-state index contributed by atoms with van der Waals surface area (Å²) in [6.45, 7) is 3.42. The van der Waals surface area contributed by atoms with Gasteiger partial charge in [-0.1, -0.05) is 18.2 Å². The van der Waals surface area contributed by atoms with Gasteiger partial charge in [0.25, 0.3) is 0 Å². The topological polar surface area (TPSA) is 117 Å². The van der Waals surface area contributed by atoms with Crippen molar-refractivity contribution in [3.8, 4) is 28.4 Å². The summed E-state index contributed by atoms with van der Waals surface area (Å²) in [6.07, 6.45) is 0.511. The third kappa shape index (κ3) is 7.09. The van der Waals surface area contributed by atoms with E-state index in [2.05, 4.69) is 50.8 Å². The fraction of sp³-hybridized carbons (Fsp3) is 0.317. The number of aromatic nitrogens is 1. The van der Waals surface area contributed by atoms with Crippen molar-refractivity contribution < 1.29 is 28.5 Å². The summed E-state index contributed by atoms with van der Waals surface area (Å²) in [5.74, 6) is 2.08. The number of amides is 3. The lowest BCUT2D eigenvalue weighted by Crippen LogP contribution is -2.57. The van der Waals surface area contributed by atoms with Crippen LogP contribution in [0.5, 0.6) is 17.2 Å². The van der Waals surface area contributed by atoms with Crippen LogP contribution in [0.1, 0.15) is 30.6 Å². The molecule has 1 fully saturated rings. The number of H-pyrrole nitrogens is 1. The molecule has 7 rings (SSSR count). The molecule has 0 saturated carbocycles. The minimum Gasteiger partial charge on any atom is -0.497 e. The van der Waals surface area contributed by atoms with E-state index in [1.165, 1.54) is 16.6 Å². The lowest BCUT2D eigenvalue weighted by Gasteiger charge is -2.49. The van der Waals surface area contributed by atoms with E-state index in [-0.39, 0.29) is 24.0 Å². The highest BCUT2D eigenvalue weighted by atomic mass is 16.6. The smallest absolute Gasteiger partial charge is 0.411 e. The molecule has 3 heterocycles. The second-order valence-corrected chi connectivity index (χ2v) is 13.5. The van der Waals surface area contributed by atoms with E-state index in [0.717, 1.165) is 35.4 Å². The first-order chi connectivity index (χ1) is 25.2. The zero-order valence-corrected chi connectivity index (χ0v) is 30.1. The minimum absolute atomic E-state index is 0.0541. The molecule has 11 heteroatoms. The number of anilines is 2. The van der Waals surface area contributed by atoms with Crippen molar-refractivity contribution in [2.75, 3.05) is 52.1 Å². The fourth-order valence-corrected chi connectivity index (χ4v) is 7.68. The SMILES string of the molecule is COc1ccc(NC(=O)O[C@@H](C)[C@@H]2CN3CCc4c([nH]c5ccc(-c6ccc(OC)cc6)cc45)[C@@H]3C[C@@H]2N(C)C(=O)Nc2ccc(OC)cc2)cc1. The van der Waals surface area contributed by atoms with Crippen molar-refractivity contribution >= 4 is 34.4 Å². The average molecular weight is 704 g/mol. The summed E-state index contributed by atoms with van der Waals surface area (Å²) in [6, 6.07) is 28.6. The summed E-state index contributed by atoms with van der Waals surface area (Å²) in [5.41, 5.74) is 7.15. The molecule has 5 aromatic rings. The predicted molar refractivity (Wildman–Crippen MR) is 203 cm³/mol. The number of nitrogens with zero attached hydrogens (tertiary/aromatic N) is 2. The van der Waals surface area contributed by atoms with Gasteiger partial charge in [0.2, 0.25) is 0 Å². The van der Waals surface area contributed by atoms with Gasteiger partial charge in [0, 0.05) is 60.1 Å². The van der Waals surface area contributed by atoms with Gasteiger partial charge in [-0.3, -0.25) is 10.2 Å². The van der Waals surface area contributed by atoms with Gasteiger partial charge < -0.3 is 34.1 Å². The molecule has 3 N–H and O–H groups in total. The van der Waals surface area contributed by atoms with E-state index in [1.54, 1.807) is 50.5 Å². The van der Waals surface area contributed by atoms with Crippen LogP contribution < -0.4 is 24.8 Å². The van der Waals surface area contributed by atoms with E-state index in [9.17, 15) is 9.59 Å². The Morgan fingerprint density at radius 2 is 1.38 bits per heavy atom. The number of hydrogen-bond acceptors (Lipinski definition) is 7. The van der Waals surface area contributed by atoms with Crippen LogP contribution in [0.15, 0.2) is 91.0 Å². The van der Waals surface area contributed by atoms with Crippen LogP contribution in [0.3, 0.4) is 0 Å². The summed E-state index contributed by atoms with van der Waals surface area (Å²) >= 11 is 0. The van der Waals surface area contributed by atoms with Gasteiger partial charge in [-0.2, -0.15) is 0 Å². The second-order valence-electron chi connectivity index (χ2n) is 13.5. The van der Waals surface area contributed by atoms with Gasteiger partial charge in [0.15, 0.2) is 0 Å². The van der Waals surface area contributed by atoms with Crippen molar-refractivity contribution in [2.45, 2.75) is 38.0 Å². The first kappa shape index (κ1) is 34.8. The summed E-state index contributed by atoms with van der Waals surface area (Å²) in [4.78, 5) is 35.0. The first-order valence-electron chi connectivity index (χ1n) is 17.6. The van der Waals surface area contributed by atoms with Crippen LogP contribution in [-0.2, 0) is 11.2 Å². The van der Waals surface area contributed by atoms with Gasteiger partial charge in [-0.15, -0.1) is 0 Å². The maximum Gasteiger partial charge on any atom is 0.411 e. The van der Waals surface area contributed by atoms with Gasteiger partial charge in [-0.05, 0) is 109 Å². The van der Waals surface area contributed by atoms with Crippen LogP contribution in [0.25, 0.3) is 22.0 Å². The molecule has 1 saturated heterocycles. The molecule has 11 nitrogen and oxygen atoms in total. The Morgan fingerprint density at radius 1 is 0.808 bits per heavy atom. The molecule has 0 spiro atoms. The monoisotopic (exact) mass is 703 g/mol. The first-order valence-corrected chi connectivity index (χ1v) is 17.6. The number of nitrogens with one attached hydrogen (secondary N) is 3. The molecule has 3 amide bonds. The Bertz CT molecular complexity index is 2030. The molecule has 4 aromatic carbocycles. The third-order valence-electron chi connectivity index (χ3n) is 10.6. The molecule has 4 atom stereocenters. The number of carbonyl (C=O) groups is 2.